The molecule has 1 amide bonds. The molecule has 0 unspecified atom stereocenters. The van der Waals surface area contributed by atoms with Gasteiger partial charge in [-0.25, -0.2) is 18.4 Å². The van der Waals surface area contributed by atoms with E-state index in [-0.39, 0.29) is 11.3 Å². The Bertz CT molecular complexity index is 1520. The SMILES string of the molecule is CC(C)n1cc(NC(=O)CO)c2cnc(Cc3ccnc(-c4cnn(S(=O)(=O)C5CC5)c4)n3)cc21. The average molecular weight is 496 g/mol. The number of nitrogens with one attached hydrogen (secondary N) is 1. The van der Waals surface area contributed by atoms with Crippen LogP contribution in [0.4, 0.5) is 5.69 Å². The van der Waals surface area contributed by atoms with Gasteiger partial charge in [-0.1, -0.05) is 0 Å². The maximum atomic E-state index is 12.4. The second kappa shape index (κ2) is 8.86. The van der Waals surface area contributed by atoms with Gasteiger partial charge in [0, 0.05) is 42.1 Å². The Morgan fingerprint density at radius 1 is 1.20 bits per heavy atom. The first-order valence-corrected chi connectivity index (χ1v) is 12.8. The Balaban J connectivity index is 1.42. The van der Waals surface area contributed by atoms with Crippen molar-refractivity contribution in [2.24, 2.45) is 0 Å². The van der Waals surface area contributed by atoms with Crippen LogP contribution in [-0.4, -0.2) is 60.0 Å². The second-order valence-electron chi connectivity index (χ2n) is 8.84. The Labute approximate surface area is 201 Å². The molecule has 1 aliphatic rings. The highest BCUT2D eigenvalue weighted by molar-refractivity contribution is 7.90. The summed E-state index contributed by atoms with van der Waals surface area (Å²) in [7, 11) is -3.45. The minimum absolute atomic E-state index is 0.140. The smallest absolute Gasteiger partial charge is 0.256 e. The van der Waals surface area contributed by atoms with Crippen molar-refractivity contribution in [3.05, 3.63) is 54.5 Å². The number of anilines is 1. The normalized spacial score (nSPS) is 14.1. The summed E-state index contributed by atoms with van der Waals surface area (Å²) in [5.41, 5.74) is 3.51. The molecule has 11 nitrogen and oxygen atoms in total. The zero-order valence-corrected chi connectivity index (χ0v) is 20.1. The maximum Gasteiger partial charge on any atom is 0.256 e. The predicted octanol–water partition coefficient (Wildman–Crippen LogP) is 2.13. The van der Waals surface area contributed by atoms with Crippen molar-refractivity contribution in [3.8, 4) is 11.4 Å². The number of amides is 1. The third kappa shape index (κ3) is 4.54. The number of carbonyl (C=O) groups excluding carboxylic acids is 1. The fraction of sp³-hybridized carbons (Fsp3) is 0.348. The number of pyridine rings is 1. The number of aliphatic hydroxyl groups is 1. The van der Waals surface area contributed by atoms with Gasteiger partial charge in [-0.3, -0.25) is 9.78 Å². The van der Waals surface area contributed by atoms with Crippen molar-refractivity contribution < 1.29 is 18.3 Å². The molecule has 4 heterocycles. The Kier molecular flexibility index (Phi) is 5.85. The molecule has 4 aromatic rings. The topological polar surface area (TPSA) is 145 Å². The van der Waals surface area contributed by atoms with Crippen molar-refractivity contribution in [2.45, 2.75) is 44.4 Å². The number of fused-ring (bicyclic) bond motifs is 1. The summed E-state index contributed by atoms with van der Waals surface area (Å²) in [6.07, 6.45) is 9.84. The first-order chi connectivity index (χ1) is 16.8. The fourth-order valence-electron chi connectivity index (χ4n) is 3.90. The summed E-state index contributed by atoms with van der Waals surface area (Å²) in [5, 5.41) is 16.2. The molecule has 0 spiro atoms. The van der Waals surface area contributed by atoms with Gasteiger partial charge in [-0.05, 0) is 38.8 Å². The van der Waals surface area contributed by atoms with E-state index in [1.807, 2.05) is 30.7 Å². The van der Waals surface area contributed by atoms with E-state index < -0.39 is 22.5 Å². The highest BCUT2D eigenvalue weighted by Gasteiger charge is 2.37. The van der Waals surface area contributed by atoms with E-state index in [4.69, 9.17) is 5.11 Å². The molecular weight excluding hydrogens is 470 g/mol. The average Bonchev–Trinajstić information content (AvgIpc) is 3.48. The summed E-state index contributed by atoms with van der Waals surface area (Å²) in [4.78, 5) is 25.1. The lowest BCUT2D eigenvalue weighted by molar-refractivity contribution is -0.118. The molecule has 182 valence electrons. The lowest BCUT2D eigenvalue weighted by Gasteiger charge is -2.09. The van der Waals surface area contributed by atoms with Crippen LogP contribution in [0.5, 0.6) is 0 Å². The largest absolute Gasteiger partial charge is 0.387 e. The van der Waals surface area contributed by atoms with Gasteiger partial charge < -0.3 is 15.0 Å². The number of hydrogen-bond donors (Lipinski definition) is 2. The Hall–Kier alpha value is -3.64. The van der Waals surface area contributed by atoms with Crippen molar-refractivity contribution >= 4 is 32.5 Å². The molecule has 0 saturated heterocycles. The van der Waals surface area contributed by atoms with Crippen LogP contribution in [-0.2, 0) is 21.2 Å². The summed E-state index contributed by atoms with van der Waals surface area (Å²) >= 11 is 0. The van der Waals surface area contributed by atoms with Gasteiger partial charge in [0.15, 0.2) is 5.82 Å². The number of nitrogens with zero attached hydrogens (tertiary/aromatic N) is 6. The molecule has 5 rings (SSSR count). The number of hydrogen-bond acceptors (Lipinski definition) is 8. The van der Waals surface area contributed by atoms with Gasteiger partial charge in [0.2, 0.25) is 5.91 Å². The van der Waals surface area contributed by atoms with Gasteiger partial charge in [-0.2, -0.15) is 9.19 Å². The van der Waals surface area contributed by atoms with Gasteiger partial charge in [0.25, 0.3) is 10.0 Å². The minimum Gasteiger partial charge on any atom is -0.387 e. The summed E-state index contributed by atoms with van der Waals surface area (Å²) in [6.45, 7) is 3.48. The molecular formula is C23H25N7O4S. The molecule has 4 aromatic heterocycles. The van der Waals surface area contributed by atoms with Crippen molar-refractivity contribution in [3.63, 3.8) is 0 Å². The van der Waals surface area contributed by atoms with Crippen LogP contribution < -0.4 is 5.32 Å². The van der Waals surface area contributed by atoms with E-state index in [1.165, 1.54) is 12.4 Å². The molecule has 0 aromatic carbocycles. The zero-order valence-electron chi connectivity index (χ0n) is 19.3. The van der Waals surface area contributed by atoms with Gasteiger partial charge in [-0.15, -0.1) is 0 Å². The van der Waals surface area contributed by atoms with Crippen LogP contribution in [0.25, 0.3) is 22.3 Å². The number of aromatic nitrogens is 6. The molecule has 0 radical (unpaired) electrons. The summed E-state index contributed by atoms with van der Waals surface area (Å²) < 4.78 is 27.9. The minimum atomic E-state index is -3.45. The molecule has 35 heavy (non-hydrogen) atoms. The van der Waals surface area contributed by atoms with Crippen LogP contribution in [0.1, 0.15) is 44.1 Å². The monoisotopic (exact) mass is 495 g/mol. The predicted molar refractivity (Wildman–Crippen MR) is 129 cm³/mol. The van der Waals surface area contributed by atoms with Gasteiger partial charge in [0.1, 0.15) is 6.61 Å². The number of aliphatic hydroxyl groups excluding tert-OH is 1. The highest BCUT2D eigenvalue weighted by atomic mass is 32.2. The van der Waals surface area contributed by atoms with Crippen LogP contribution >= 0.6 is 0 Å². The van der Waals surface area contributed by atoms with Gasteiger partial charge >= 0.3 is 0 Å². The Morgan fingerprint density at radius 3 is 2.71 bits per heavy atom. The van der Waals surface area contributed by atoms with Gasteiger partial charge in [0.05, 0.1) is 40.1 Å². The third-order valence-electron chi connectivity index (χ3n) is 5.85. The van der Waals surface area contributed by atoms with E-state index >= 15 is 0 Å². The van der Waals surface area contributed by atoms with Crippen molar-refractivity contribution in [2.75, 3.05) is 11.9 Å². The standard InChI is InChI=1S/C23H25N7O4S/c1-14(2)29-12-20(28-22(32)13-31)19-10-25-17(8-21(19)29)7-16-5-6-24-23(27-16)15-9-26-30(11-15)35(33,34)18-3-4-18/h5-6,8-12,14,18,31H,3-4,7,13H2,1-2H3,(H,28,32). The first-order valence-electron chi connectivity index (χ1n) is 11.3. The quantitative estimate of drug-likeness (QED) is 0.378. The third-order valence-corrected chi connectivity index (χ3v) is 7.88. The summed E-state index contributed by atoms with van der Waals surface area (Å²) in [5.74, 6) is -0.0981. The van der Waals surface area contributed by atoms with Crippen LogP contribution in [0.15, 0.2) is 43.1 Å². The van der Waals surface area contributed by atoms with E-state index in [0.29, 0.717) is 36.3 Å². The van der Waals surface area contributed by atoms with Crippen molar-refractivity contribution in [1.82, 2.24) is 28.7 Å². The zero-order chi connectivity index (χ0) is 24.7. The summed E-state index contributed by atoms with van der Waals surface area (Å²) in [6, 6.07) is 3.88. The lowest BCUT2D eigenvalue weighted by atomic mass is 10.1. The van der Waals surface area contributed by atoms with E-state index in [1.54, 1.807) is 18.5 Å². The molecule has 1 fully saturated rings. The van der Waals surface area contributed by atoms with E-state index in [0.717, 1.165) is 26.4 Å². The fourth-order valence-corrected chi connectivity index (χ4v) is 5.37. The molecule has 0 atom stereocenters. The lowest BCUT2D eigenvalue weighted by Crippen LogP contribution is -2.17. The molecule has 1 aliphatic carbocycles. The molecule has 0 bridgehead atoms. The first kappa shape index (κ1) is 23.1. The second-order valence-corrected chi connectivity index (χ2v) is 10.9. The van der Waals surface area contributed by atoms with Crippen molar-refractivity contribution in [1.29, 1.82) is 0 Å². The number of rotatable bonds is 8. The van der Waals surface area contributed by atoms with Crippen LogP contribution in [0, 0.1) is 0 Å². The molecule has 12 heteroatoms. The molecule has 1 saturated carbocycles. The Morgan fingerprint density at radius 2 is 2.00 bits per heavy atom. The maximum absolute atomic E-state index is 12.4. The molecule has 0 aliphatic heterocycles. The number of carbonyl (C=O) groups is 1. The van der Waals surface area contributed by atoms with Crippen LogP contribution in [0.3, 0.4) is 0 Å². The van der Waals surface area contributed by atoms with E-state index in [2.05, 4.69) is 25.4 Å². The van der Waals surface area contributed by atoms with Crippen LogP contribution in [0.2, 0.25) is 0 Å². The highest BCUT2D eigenvalue weighted by Crippen LogP contribution is 2.31. The van der Waals surface area contributed by atoms with E-state index in [9.17, 15) is 13.2 Å². The molecule has 2 N–H and O–H groups in total.